The Morgan fingerprint density at radius 3 is 2.43 bits per heavy atom. The van der Waals surface area contributed by atoms with Crippen molar-refractivity contribution >= 4 is 12.2 Å². The highest BCUT2D eigenvalue weighted by Crippen LogP contribution is 2.35. The van der Waals surface area contributed by atoms with Gasteiger partial charge >= 0.3 is 6.18 Å². The van der Waals surface area contributed by atoms with Crippen molar-refractivity contribution in [3.05, 3.63) is 39.8 Å². The van der Waals surface area contributed by atoms with Crippen molar-refractivity contribution in [3.8, 4) is 17.0 Å². The Kier molecular flexibility index (Phi) is 4.04. The molecule has 0 aliphatic rings. The molecule has 0 amide bonds. The normalized spacial score (nSPS) is 11.5. The molecule has 21 heavy (non-hydrogen) atoms. The summed E-state index contributed by atoms with van der Waals surface area (Å²) in [7, 11) is 1.46. The fourth-order valence-corrected chi connectivity index (χ4v) is 2.36. The van der Waals surface area contributed by atoms with E-state index < -0.39 is 11.9 Å². The molecule has 1 heterocycles. The summed E-state index contributed by atoms with van der Waals surface area (Å²) in [5.74, 6) is 0.466. The number of aryl methyl sites for hydroxylation is 2. The van der Waals surface area contributed by atoms with E-state index in [2.05, 4.69) is 9.97 Å². The summed E-state index contributed by atoms with van der Waals surface area (Å²) in [5.41, 5.74) is 1.44. The lowest BCUT2D eigenvalue weighted by Crippen LogP contribution is -2.09. The average Bonchev–Trinajstić information content (AvgIpc) is 2.35. The van der Waals surface area contributed by atoms with Gasteiger partial charge in [-0.1, -0.05) is 6.07 Å². The quantitative estimate of drug-likeness (QED) is 0.832. The molecule has 0 radical (unpaired) electrons. The SMILES string of the molecule is COc1cc(C)cc(C)c1-c1cc(C(F)(F)F)[nH]c(=S)n1. The molecule has 3 nitrogen and oxygen atoms in total. The summed E-state index contributed by atoms with van der Waals surface area (Å²) in [4.78, 5) is 6.06. The second-order valence-corrected chi connectivity index (χ2v) is 5.03. The van der Waals surface area contributed by atoms with E-state index in [1.165, 1.54) is 7.11 Å². The number of alkyl halides is 3. The zero-order valence-corrected chi connectivity index (χ0v) is 12.4. The van der Waals surface area contributed by atoms with Crippen LogP contribution in [0.1, 0.15) is 16.8 Å². The minimum Gasteiger partial charge on any atom is -0.496 e. The highest BCUT2D eigenvalue weighted by atomic mass is 32.1. The number of nitrogens with one attached hydrogen (secondary N) is 1. The molecule has 0 fully saturated rings. The third-order valence-electron chi connectivity index (χ3n) is 2.97. The van der Waals surface area contributed by atoms with E-state index in [1.54, 1.807) is 13.0 Å². The molecule has 0 saturated carbocycles. The Morgan fingerprint density at radius 2 is 1.86 bits per heavy atom. The first-order valence-electron chi connectivity index (χ1n) is 6.06. The molecule has 0 bridgehead atoms. The summed E-state index contributed by atoms with van der Waals surface area (Å²) < 4.78 is 43.7. The highest BCUT2D eigenvalue weighted by molar-refractivity contribution is 7.71. The molecule has 1 N–H and O–H groups in total. The Hall–Kier alpha value is -1.89. The van der Waals surface area contributed by atoms with Crippen molar-refractivity contribution in [2.75, 3.05) is 7.11 Å². The van der Waals surface area contributed by atoms with Gasteiger partial charge in [-0.05, 0) is 49.3 Å². The maximum absolute atomic E-state index is 12.9. The molecule has 0 aliphatic carbocycles. The summed E-state index contributed by atoms with van der Waals surface area (Å²) in [6, 6.07) is 4.54. The molecule has 2 rings (SSSR count). The van der Waals surface area contributed by atoms with E-state index in [-0.39, 0.29) is 10.5 Å². The van der Waals surface area contributed by atoms with Crippen LogP contribution in [0.5, 0.6) is 5.75 Å². The van der Waals surface area contributed by atoms with Gasteiger partial charge < -0.3 is 9.72 Å². The van der Waals surface area contributed by atoms with Gasteiger partial charge in [0.15, 0.2) is 4.77 Å². The molecular formula is C14H13F3N2OS. The number of nitrogens with zero attached hydrogens (tertiary/aromatic N) is 1. The molecule has 1 aromatic carbocycles. The monoisotopic (exact) mass is 314 g/mol. The zero-order chi connectivity index (χ0) is 15.8. The fourth-order valence-electron chi connectivity index (χ4n) is 2.16. The van der Waals surface area contributed by atoms with Crippen molar-refractivity contribution in [2.24, 2.45) is 0 Å². The van der Waals surface area contributed by atoms with Crippen LogP contribution >= 0.6 is 12.2 Å². The summed E-state index contributed by atoms with van der Waals surface area (Å²) in [6.07, 6.45) is -4.52. The number of ether oxygens (including phenoxy) is 1. The van der Waals surface area contributed by atoms with Crippen LogP contribution in [0, 0.1) is 18.6 Å². The van der Waals surface area contributed by atoms with E-state index >= 15 is 0 Å². The van der Waals surface area contributed by atoms with Crippen LogP contribution in [0.15, 0.2) is 18.2 Å². The van der Waals surface area contributed by atoms with Crippen LogP contribution < -0.4 is 4.74 Å². The van der Waals surface area contributed by atoms with Crippen molar-refractivity contribution < 1.29 is 17.9 Å². The van der Waals surface area contributed by atoms with E-state index in [4.69, 9.17) is 17.0 Å². The molecule has 0 atom stereocenters. The molecule has 1 aromatic heterocycles. The minimum absolute atomic E-state index is 0.139. The van der Waals surface area contributed by atoms with Gasteiger partial charge in [-0.25, -0.2) is 4.98 Å². The van der Waals surface area contributed by atoms with Gasteiger partial charge in [-0.15, -0.1) is 0 Å². The number of halogens is 3. The lowest BCUT2D eigenvalue weighted by molar-refractivity contribution is -0.141. The van der Waals surface area contributed by atoms with E-state index in [0.29, 0.717) is 11.3 Å². The lowest BCUT2D eigenvalue weighted by atomic mass is 10.0. The van der Waals surface area contributed by atoms with Gasteiger partial charge in [0.2, 0.25) is 0 Å². The van der Waals surface area contributed by atoms with E-state index in [9.17, 15) is 13.2 Å². The molecule has 2 aromatic rings. The van der Waals surface area contributed by atoms with Crippen LogP contribution in [0.4, 0.5) is 13.2 Å². The zero-order valence-electron chi connectivity index (χ0n) is 11.6. The van der Waals surface area contributed by atoms with Crippen molar-refractivity contribution in [2.45, 2.75) is 20.0 Å². The number of benzene rings is 1. The van der Waals surface area contributed by atoms with Crippen LogP contribution in [0.3, 0.4) is 0 Å². The van der Waals surface area contributed by atoms with Crippen LogP contribution in [-0.2, 0) is 6.18 Å². The predicted molar refractivity (Wildman–Crippen MR) is 75.9 cm³/mol. The lowest BCUT2D eigenvalue weighted by Gasteiger charge is -2.14. The van der Waals surface area contributed by atoms with Crippen LogP contribution in [-0.4, -0.2) is 17.1 Å². The largest absolute Gasteiger partial charge is 0.496 e. The van der Waals surface area contributed by atoms with Gasteiger partial charge in [0.25, 0.3) is 0 Å². The molecule has 112 valence electrons. The summed E-state index contributed by atoms with van der Waals surface area (Å²) in [5, 5.41) is 0. The van der Waals surface area contributed by atoms with Gasteiger partial charge in [-0.3, -0.25) is 0 Å². The first-order valence-corrected chi connectivity index (χ1v) is 6.47. The van der Waals surface area contributed by atoms with E-state index in [0.717, 1.165) is 17.2 Å². The van der Waals surface area contributed by atoms with Crippen LogP contribution in [0.2, 0.25) is 0 Å². The number of methoxy groups -OCH3 is 1. The summed E-state index contributed by atoms with van der Waals surface area (Å²) >= 11 is 4.80. The van der Waals surface area contributed by atoms with Crippen molar-refractivity contribution in [1.29, 1.82) is 0 Å². The molecular weight excluding hydrogens is 301 g/mol. The van der Waals surface area contributed by atoms with Crippen LogP contribution in [0.25, 0.3) is 11.3 Å². The fraction of sp³-hybridized carbons (Fsp3) is 0.286. The topological polar surface area (TPSA) is 37.9 Å². The van der Waals surface area contributed by atoms with Crippen molar-refractivity contribution in [3.63, 3.8) is 0 Å². The highest BCUT2D eigenvalue weighted by Gasteiger charge is 2.32. The number of hydrogen-bond donors (Lipinski definition) is 1. The van der Waals surface area contributed by atoms with Gasteiger partial charge in [-0.2, -0.15) is 13.2 Å². The molecule has 0 unspecified atom stereocenters. The predicted octanol–water partition coefficient (Wildman–Crippen LogP) is 4.45. The average molecular weight is 314 g/mol. The standard InChI is InChI=1S/C14H13F3N2OS/c1-7-4-8(2)12(10(5-7)20-3)9-6-11(14(15,16)17)19-13(21)18-9/h4-6H,1-3H3,(H,18,19,21). The summed E-state index contributed by atoms with van der Waals surface area (Å²) in [6.45, 7) is 3.67. The molecule has 0 spiro atoms. The third kappa shape index (κ3) is 3.24. The Bertz CT molecular complexity index is 738. The van der Waals surface area contributed by atoms with Crippen molar-refractivity contribution in [1.82, 2.24) is 9.97 Å². The number of rotatable bonds is 2. The molecule has 7 heteroatoms. The van der Waals surface area contributed by atoms with Gasteiger partial charge in [0, 0.05) is 5.56 Å². The second kappa shape index (κ2) is 5.48. The smallest absolute Gasteiger partial charge is 0.431 e. The maximum atomic E-state index is 12.9. The Labute approximate surface area is 124 Å². The van der Waals surface area contributed by atoms with E-state index in [1.807, 2.05) is 13.0 Å². The van der Waals surface area contributed by atoms with Gasteiger partial charge in [0.1, 0.15) is 11.4 Å². The minimum atomic E-state index is -4.52. The second-order valence-electron chi connectivity index (χ2n) is 4.64. The first-order chi connectivity index (χ1) is 9.72. The number of hydrogen-bond acceptors (Lipinski definition) is 3. The van der Waals surface area contributed by atoms with Gasteiger partial charge in [0.05, 0.1) is 12.8 Å². The number of aromatic nitrogens is 2. The first kappa shape index (κ1) is 15.5. The Morgan fingerprint density at radius 1 is 1.19 bits per heavy atom. The molecule has 0 aliphatic heterocycles. The third-order valence-corrected chi connectivity index (χ3v) is 3.16. The molecule has 0 saturated heterocycles. The number of H-pyrrole nitrogens is 1. The Balaban J connectivity index is 2.74. The maximum Gasteiger partial charge on any atom is 0.431 e. The number of aromatic amines is 1.